The van der Waals surface area contributed by atoms with Crippen LogP contribution in [-0.2, 0) is 16.1 Å². The molecule has 1 aliphatic heterocycles. The van der Waals surface area contributed by atoms with Crippen molar-refractivity contribution in [2.75, 3.05) is 19.6 Å². The molecule has 1 fully saturated rings. The van der Waals surface area contributed by atoms with Gasteiger partial charge in [-0.15, -0.1) is 12.4 Å². The molecule has 1 saturated heterocycles. The van der Waals surface area contributed by atoms with Crippen molar-refractivity contribution < 1.29 is 9.59 Å². The first-order valence-corrected chi connectivity index (χ1v) is 7.05. The second kappa shape index (κ2) is 9.37. The molecule has 1 heterocycles. The molecule has 1 aromatic carbocycles. The van der Waals surface area contributed by atoms with Crippen LogP contribution in [0.1, 0.15) is 18.4 Å². The first-order valence-electron chi connectivity index (χ1n) is 7.05. The van der Waals surface area contributed by atoms with Gasteiger partial charge in [-0.1, -0.05) is 30.3 Å². The molecule has 2 amide bonds. The lowest BCUT2D eigenvalue weighted by Crippen LogP contribution is -2.35. The van der Waals surface area contributed by atoms with Crippen molar-refractivity contribution in [1.82, 2.24) is 16.0 Å². The fraction of sp³-hybridized carbons (Fsp3) is 0.467. The fourth-order valence-corrected chi connectivity index (χ4v) is 2.21. The average molecular weight is 312 g/mol. The van der Waals surface area contributed by atoms with E-state index in [1.807, 2.05) is 30.3 Å². The monoisotopic (exact) mass is 311 g/mol. The highest BCUT2D eigenvalue weighted by Crippen LogP contribution is 2.06. The van der Waals surface area contributed by atoms with Crippen molar-refractivity contribution in [2.24, 2.45) is 5.92 Å². The van der Waals surface area contributed by atoms with E-state index in [-0.39, 0.29) is 30.1 Å². The van der Waals surface area contributed by atoms with Crippen LogP contribution in [0.25, 0.3) is 0 Å². The van der Waals surface area contributed by atoms with E-state index in [4.69, 9.17) is 0 Å². The highest BCUT2D eigenvalue weighted by molar-refractivity contribution is 5.85. The Balaban J connectivity index is 0.00000220. The zero-order valence-corrected chi connectivity index (χ0v) is 12.7. The Morgan fingerprint density at radius 3 is 2.62 bits per heavy atom. The molecule has 1 aromatic rings. The molecule has 21 heavy (non-hydrogen) atoms. The number of hydrogen-bond donors (Lipinski definition) is 3. The lowest BCUT2D eigenvalue weighted by atomic mass is 10.1. The van der Waals surface area contributed by atoms with Gasteiger partial charge < -0.3 is 16.0 Å². The van der Waals surface area contributed by atoms with Crippen molar-refractivity contribution >= 4 is 24.2 Å². The molecule has 1 atom stereocenters. The van der Waals surface area contributed by atoms with Crippen LogP contribution < -0.4 is 16.0 Å². The van der Waals surface area contributed by atoms with Gasteiger partial charge in [0.2, 0.25) is 11.8 Å². The van der Waals surface area contributed by atoms with E-state index >= 15 is 0 Å². The van der Waals surface area contributed by atoms with E-state index in [0.717, 1.165) is 25.1 Å². The number of amides is 2. The van der Waals surface area contributed by atoms with Crippen LogP contribution in [0.4, 0.5) is 0 Å². The predicted molar refractivity (Wildman–Crippen MR) is 84.1 cm³/mol. The molecular formula is C15H22ClN3O2. The quantitative estimate of drug-likeness (QED) is 0.729. The maximum absolute atomic E-state index is 11.7. The van der Waals surface area contributed by atoms with Gasteiger partial charge in [-0.3, -0.25) is 9.59 Å². The molecule has 0 aromatic heterocycles. The van der Waals surface area contributed by atoms with E-state index < -0.39 is 0 Å². The summed E-state index contributed by atoms with van der Waals surface area (Å²) in [6.07, 6.45) is 1.20. The van der Waals surface area contributed by atoms with Gasteiger partial charge in [-0.2, -0.15) is 0 Å². The minimum atomic E-state index is -0.0429. The molecule has 0 aliphatic carbocycles. The third-order valence-electron chi connectivity index (χ3n) is 3.41. The summed E-state index contributed by atoms with van der Waals surface area (Å²) in [7, 11) is 0. The molecule has 3 N–H and O–H groups in total. The minimum Gasteiger partial charge on any atom is -0.355 e. The smallest absolute Gasteiger partial charge is 0.224 e. The number of carbonyl (C=O) groups is 2. The van der Waals surface area contributed by atoms with Gasteiger partial charge in [0.1, 0.15) is 0 Å². The van der Waals surface area contributed by atoms with Crippen LogP contribution in [-0.4, -0.2) is 31.4 Å². The van der Waals surface area contributed by atoms with Crippen molar-refractivity contribution in [3.63, 3.8) is 0 Å². The summed E-state index contributed by atoms with van der Waals surface area (Å²) in [5.74, 6) is 0.0620. The maximum atomic E-state index is 11.7. The molecular weight excluding hydrogens is 290 g/mol. The molecule has 6 heteroatoms. The van der Waals surface area contributed by atoms with E-state index in [0.29, 0.717) is 19.5 Å². The summed E-state index contributed by atoms with van der Waals surface area (Å²) in [6, 6.07) is 9.76. The number of nitrogens with one attached hydrogen (secondary N) is 3. The number of halogens is 1. The molecule has 0 radical (unpaired) electrons. The van der Waals surface area contributed by atoms with Crippen LogP contribution in [0.2, 0.25) is 0 Å². The van der Waals surface area contributed by atoms with Gasteiger partial charge in [-0.05, 0) is 18.5 Å². The van der Waals surface area contributed by atoms with Gasteiger partial charge >= 0.3 is 0 Å². The predicted octanol–water partition coefficient (Wildman–Crippen LogP) is 0.840. The highest BCUT2D eigenvalue weighted by atomic mass is 35.5. The lowest BCUT2D eigenvalue weighted by molar-refractivity contribution is -0.124. The first-order chi connectivity index (χ1) is 9.75. The van der Waals surface area contributed by atoms with Crippen molar-refractivity contribution in [3.05, 3.63) is 35.9 Å². The van der Waals surface area contributed by atoms with Gasteiger partial charge in [0.05, 0.1) is 5.92 Å². The molecule has 116 valence electrons. The summed E-state index contributed by atoms with van der Waals surface area (Å²) in [4.78, 5) is 23.4. The molecule has 0 spiro atoms. The average Bonchev–Trinajstić information content (AvgIpc) is 3.00. The number of benzene rings is 1. The SMILES string of the molecule is Cl.O=C(CCNC(=O)C1CCNC1)NCc1ccccc1. The summed E-state index contributed by atoms with van der Waals surface area (Å²) >= 11 is 0. The molecule has 0 bridgehead atoms. The Hall–Kier alpha value is -1.59. The first kappa shape index (κ1) is 17.5. The maximum Gasteiger partial charge on any atom is 0.224 e. The normalized spacial score (nSPS) is 16.9. The summed E-state index contributed by atoms with van der Waals surface area (Å²) in [5.41, 5.74) is 1.07. The number of carbonyl (C=O) groups excluding carboxylic acids is 2. The number of rotatable bonds is 6. The summed E-state index contributed by atoms with van der Waals surface area (Å²) < 4.78 is 0. The Morgan fingerprint density at radius 1 is 1.19 bits per heavy atom. The third kappa shape index (κ3) is 6.14. The summed E-state index contributed by atoms with van der Waals surface area (Å²) in [5, 5.41) is 8.80. The molecule has 5 nitrogen and oxygen atoms in total. The standard InChI is InChI=1S/C15H21N3O2.ClH/c19-14(18-10-12-4-2-1-3-5-12)7-9-17-15(20)13-6-8-16-11-13;/h1-5,13,16H,6-11H2,(H,17,20)(H,18,19);1H. The van der Waals surface area contributed by atoms with Crippen LogP contribution in [0.5, 0.6) is 0 Å². The van der Waals surface area contributed by atoms with E-state index in [1.54, 1.807) is 0 Å². The van der Waals surface area contributed by atoms with Gasteiger partial charge in [-0.25, -0.2) is 0 Å². The Morgan fingerprint density at radius 2 is 1.95 bits per heavy atom. The number of hydrogen-bond acceptors (Lipinski definition) is 3. The van der Waals surface area contributed by atoms with Crippen molar-refractivity contribution in [2.45, 2.75) is 19.4 Å². The second-order valence-corrected chi connectivity index (χ2v) is 4.99. The Kier molecular flexibility index (Phi) is 7.79. The van der Waals surface area contributed by atoms with Gasteiger partial charge in [0.25, 0.3) is 0 Å². The second-order valence-electron chi connectivity index (χ2n) is 4.99. The van der Waals surface area contributed by atoms with Gasteiger partial charge in [0.15, 0.2) is 0 Å². The van der Waals surface area contributed by atoms with E-state index in [9.17, 15) is 9.59 Å². The molecule has 1 unspecified atom stereocenters. The van der Waals surface area contributed by atoms with Crippen LogP contribution in [0.15, 0.2) is 30.3 Å². The lowest BCUT2D eigenvalue weighted by Gasteiger charge is -2.10. The molecule has 0 saturated carbocycles. The Bertz CT molecular complexity index is 447. The van der Waals surface area contributed by atoms with Crippen LogP contribution in [0.3, 0.4) is 0 Å². The van der Waals surface area contributed by atoms with Crippen molar-refractivity contribution in [3.8, 4) is 0 Å². The molecule has 1 aliphatic rings. The fourth-order valence-electron chi connectivity index (χ4n) is 2.21. The van der Waals surface area contributed by atoms with Crippen molar-refractivity contribution in [1.29, 1.82) is 0 Å². The summed E-state index contributed by atoms with van der Waals surface area (Å²) in [6.45, 7) is 2.57. The third-order valence-corrected chi connectivity index (χ3v) is 3.41. The van der Waals surface area contributed by atoms with Crippen LogP contribution >= 0.6 is 12.4 Å². The zero-order valence-electron chi connectivity index (χ0n) is 11.9. The molecule has 2 rings (SSSR count). The largest absolute Gasteiger partial charge is 0.355 e. The zero-order chi connectivity index (χ0) is 14.2. The van der Waals surface area contributed by atoms with E-state index in [1.165, 1.54) is 0 Å². The van der Waals surface area contributed by atoms with Crippen LogP contribution in [0, 0.1) is 5.92 Å². The van der Waals surface area contributed by atoms with Gasteiger partial charge in [0, 0.05) is 26.1 Å². The minimum absolute atomic E-state index is 0. The topological polar surface area (TPSA) is 70.2 Å². The van der Waals surface area contributed by atoms with E-state index in [2.05, 4.69) is 16.0 Å². The highest BCUT2D eigenvalue weighted by Gasteiger charge is 2.21. The Labute approximate surface area is 131 Å².